The Morgan fingerprint density at radius 2 is 2.04 bits per heavy atom. The average Bonchev–Trinajstić information content (AvgIpc) is 2.64. The van der Waals surface area contributed by atoms with Crippen molar-refractivity contribution in [3.63, 3.8) is 0 Å². The van der Waals surface area contributed by atoms with E-state index in [-0.39, 0.29) is 12.0 Å². The fraction of sp³-hybridized carbons (Fsp3) is 0.278. The molecule has 2 aromatic rings. The zero-order valence-electron chi connectivity index (χ0n) is 14.6. The van der Waals surface area contributed by atoms with Crippen molar-refractivity contribution in [2.45, 2.75) is 6.10 Å². The van der Waals surface area contributed by atoms with E-state index in [1.165, 1.54) is 7.11 Å². The van der Waals surface area contributed by atoms with Crippen LogP contribution in [0, 0.1) is 0 Å². The van der Waals surface area contributed by atoms with Crippen molar-refractivity contribution >= 4 is 23.5 Å². The second kappa shape index (κ2) is 7.73. The molecule has 26 heavy (non-hydrogen) atoms. The third-order valence-electron chi connectivity index (χ3n) is 4.02. The number of carbonyl (C=O) groups is 2. The number of amides is 2. The Morgan fingerprint density at radius 3 is 2.69 bits per heavy atom. The molecule has 0 saturated carbocycles. The first-order chi connectivity index (χ1) is 12.6. The number of methoxy groups -OCH3 is 1. The first kappa shape index (κ1) is 17.5. The number of nitrogens with zero attached hydrogens (tertiary/aromatic N) is 2. The first-order valence-electron chi connectivity index (χ1n) is 8.14. The number of benzene rings is 1. The van der Waals surface area contributed by atoms with E-state index in [1.54, 1.807) is 48.5 Å². The summed E-state index contributed by atoms with van der Waals surface area (Å²) >= 11 is 0. The van der Waals surface area contributed by atoms with Crippen LogP contribution >= 0.6 is 0 Å². The Morgan fingerprint density at radius 1 is 1.23 bits per heavy atom. The smallest absolute Gasteiger partial charge is 0.413 e. The quantitative estimate of drug-likeness (QED) is 0.853. The SMILES string of the molecule is CNc1ccc(C(=O)N2CC(OC(=O)Nc3ccccn3)C2)c(OC)c1. The van der Waals surface area contributed by atoms with E-state index in [1.807, 2.05) is 6.07 Å². The van der Waals surface area contributed by atoms with E-state index in [0.717, 1.165) is 5.69 Å². The second-order valence-electron chi connectivity index (χ2n) is 5.74. The summed E-state index contributed by atoms with van der Waals surface area (Å²) in [6, 6.07) is 10.5. The zero-order chi connectivity index (χ0) is 18.5. The Hall–Kier alpha value is -3.29. The monoisotopic (exact) mass is 356 g/mol. The van der Waals surface area contributed by atoms with Crippen LogP contribution in [0.1, 0.15) is 10.4 Å². The molecule has 8 nitrogen and oxygen atoms in total. The summed E-state index contributed by atoms with van der Waals surface area (Å²) in [6.07, 6.45) is 0.647. The van der Waals surface area contributed by atoms with Crippen molar-refractivity contribution in [1.29, 1.82) is 0 Å². The maximum absolute atomic E-state index is 12.6. The lowest BCUT2D eigenvalue weighted by Gasteiger charge is -2.38. The van der Waals surface area contributed by atoms with Crippen molar-refractivity contribution in [1.82, 2.24) is 9.88 Å². The van der Waals surface area contributed by atoms with Crippen LogP contribution in [0.5, 0.6) is 5.75 Å². The molecule has 136 valence electrons. The van der Waals surface area contributed by atoms with E-state index >= 15 is 0 Å². The lowest BCUT2D eigenvalue weighted by Crippen LogP contribution is -2.55. The number of aromatic nitrogens is 1. The predicted octanol–water partition coefficient (Wildman–Crippen LogP) is 2.21. The molecule has 1 aliphatic heterocycles. The van der Waals surface area contributed by atoms with Gasteiger partial charge in [0.2, 0.25) is 0 Å². The molecule has 1 aromatic carbocycles. The zero-order valence-corrected chi connectivity index (χ0v) is 14.6. The van der Waals surface area contributed by atoms with E-state index in [0.29, 0.717) is 30.2 Å². The number of anilines is 2. The summed E-state index contributed by atoms with van der Waals surface area (Å²) in [5.41, 5.74) is 1.33. The summed E-state index contributed by atoms with van der Waals surface area (Å²) in [6.45, 7) is 0.677. The normalized spacial score (nSPS) is 13.5. The van der Waals surface area contributed by atoms with Crippen LogP contribution in [0.3, 0.4) is 0 Å². The van der Waals surface area contributed by atoms with Crippen LogP contribution in [-0.2, 0) is 4.74 Å². The predicted molar refractivity (Wildman–Crippen MR) is 96.6 cm³/mol. The molecule has 1 saturated heterocycles. The van der Waals surface area contributed by atoms with Crippen molar-refractivity contribution < 1.29 is 19.1 Å². The molecule has 0 atom stereocenters. The van der Waals surface area contributed by atoms with E-state index in [4.69, 9.17) is 9.47 Å². The Bertz CT molecular complexity index is 791. The Labute approximate surface area is 151 Å². The number of hydrogen-bond acceptors (Lipinski definition) is 6. The molecule has 8 heteroatoms. The van der Waals surface area contributed by atoms with Crippen molar-refractivity contribution in [3.8, 4) is 5.75 Å². The number of pyridine rings is 1. The molecule has 0 aliphatic carbocycles. The minimum absolute atomic E-state index is 0.158. The standard InChI is InChI=1S/C18H20N4O4/c1-19-12-6-7-14(15(9-12)25-2)17(23)22-10-13(11-22)26-18(24)21-16-5-3-4-8-20-16/h3-9,13,19H,10-11H2,1-2H3,(H,20,21,24). The van der Waals surface area contributed by atoms with Crippen molar-refractivity contribution in [2.24, 2.45) is 0 Å². The molecule has 1 aliphatic rings. The van der Waals surface area contributed by atoms with Crippen molar-refractivity contribution in [2.75, 3.05) is 37.9 Å². The molecule has 0 spiro atoms. The Balaban J connectivity index is 1.53. The molecule has 0 radical (unpaired) electrons. The van der Waals surface area contributed by atoms with Crippen LogP contribution in [0.15, 0.2) is 42.6 Å². The lowest BCUT2D eigenvalue weighted by atomic mass is 10.1. The second-order valence-corrected chi connectivity index (χ2v) is 5.74. The molecule has 3 rings (SSSR count). The van der Waals surface area contributed by atoms with Gasteiger partial charge in [-0.2, -0.15) is 0 Å². The number of hydrogen-bond donors (Lipinski definition) is 2. The number of nitrogens with one attached hydrogen (secondary N) is 2. The molecule has 1 fully saturated rings. The summed E-state index contributed by atoms with van der Waals surface area (Å²) in [7, 11) is 3.32. The minimum atomic E-state index is -0.586. The highest BCUT2D eigenvalue weighted by Gasteiger charge is 2.35. The topological polar surface area (TPSA) is 92.8 Å². The van der Waals surface area contributed by atoms with Crippen LogP contribution < -0.4 is 15.4 Å². The average molecular weight is 356 g/mol. The number of ether oxygens (including phenoxy) is 2. The molecule has 2 N–H and O–H groups in total. The number of carbonyl (C=O) groups excluding carboxylic acids is 2. The molecule has 2 amide bonds. The minimum Gasteiger partial charge on any atom is -0.496 e. The van der Waals surface area contributed by atoms with Gasteiger partial charge in [-0.3, -0.25) is 10.1 Å². The third-order valence-corrected chi connectivity index (χ3v) is 4.02. The van der Waals surface area contributed by atoms with Gasteiger partial charge in [-0.15, -0.1) is 0 Å². The van der Waals surface area contributed by atoms with Gasteiger partial charge >= 0.3 is 6.09 Å². The maximum Gasteiger partial charge on any atom is 0.413 e. The highest BCUT2D eigenvalue weighted by Crippen LogP contribution is 2.26. The van der Waals surface area contributed by atoms with Gasteiger partial charge in [0.15, 0.2) is 0 Å². The fourth-order valence-corrected chi connectivity index (χ4v) is 2.59. The van der Waals surface area contributed by atoms with Gasteiger partial charge in [-0.1, -0.05) is 6.07 Å². The van der Waals surface area contributed by atoms with Crippen LogP contribution in [-0.4, -0.2) is 55.2 Å². The van der Waals surface area contributed by atoms with Crippen LogP contribution in [0.25, 0.3) is 0 Å². The number of likely N-dealkylation sites (tertiary alicyclic amines) is 1. The molecular weight excluding hydrogens is 336 g/mol. The van der Waals surface area contributed by atoms with Crippen LogP contribution in [0.2, 0.25) is 0 Å². The molecule has 0 unspecified atom stereocenters. The van der Waals surface area contributed by atoms with Gasteiger partial charge in [0.25, 0.3) is 5.91 Å². The largest absolute Gasteiger partial charge is 0.496 e. The molecular formula is C18H20N4O4. The van der Waals surface area contributed by atoms with E-state index in [2.05, 4.69) is 15.6 Å². The summed E-state index contributed by atoms with van der Waals surface area (Å²) in [5.74, 6) is 0.757. The molecule has 0 bridgehead atoms. The van der Waals surface area contributed by atoms with Gasteiger partial charge in [0.1, 0.15) is 17.7 Å². The van der Waals surface area contributed by atoms with Gasteiger partial charge < -0.3 is 19.7 Å². The number of rotatable bonds is 5. The summed E-state index contributed by atoms with van der Waals surface area (Å²) in [5, 5.41) is 5.54. The van der Waals surface area contributed by atoms with Gasteiger partial charge in [-0.25, -0.2) is 9.78 Å². The van der Waals surface area contributed by atoms with E-state index in [9.17, 15) is 9.59 Å². The van der Waals surface area contributed by atoms with E-state index < -0.39 is 6.09 Å². The molecule has 2 heterocycles. The molecule has 1 aromatic heterocycles. The third kappa shape index (κ3) is 3.85. The Kier molecular flexibility index (Phi) is 5.21. The van der Waals surface area contributed by atoms with Crippen molar-refractivity contribution in [3.05, 3.63) is 48.2 Å². The van der Waals surface area contributed by atoms with Crippen LogP contribution in [0.4, 0.5) is 16.3 Å². The highest BCUT2D eigenvalue weighted by molar-refractivity contribution is 5.98. The highest BCUT2D eigenvalue weighted by atomic mass is 16.6. The summed E-state index contributed by atoms with van der Waals surface area (Å²) < 4.78 is 10.6. The van der Waals surface area contributed by atoms with Gasteiger partial charge in [0, 0.05) is 25.0 Å². The summed E-state index contributed by atoms with van der Waals surface area (Å²) in [4.78, 5) is 30.0. The fourth-order valence-electron chi connectivity index (χ4n) is 2.59. The van der Waals surface area contributed by atoms with Gasteiger partial charge in [0.05, 0.1) is 25.8 Å². The first-order valence-corrected chi connectivity index (χ1v) is 8.14. The maximum atomic E-state index is 12.6. The lowest BCUT2D eigenvalue weighted by molar-refractivity contribution is -0.00223. The van der Waals surface area contributed by atoms with Gasteiger partial charge in [-0.05, 0) is 24.3 Å².